The van der Waals surface area contributed by atoms with E-state index in [1.165, 1.54) is 30.8 Å². The maximum atomic E-state index is 4.44. The van der Waals surface area contributed by atoms with E-state index in [1.54, 1.807) is 11.3 Å². The van der Waals surface area contributed by atoms with Crippen LogP contribution in [0.25, 0.3) is 0 Å². The van der Waals surface area contributed by atoms with Crippen molar-refractivity contribution in [2.24, 2.45) is 10.9 Å². The Morgan fingerprint density at radius 1 is 1.48 bits per heavy atom. The van der Waals surface area contributed by atoms with E-state index >= 15 is 0 Å². The van der Waals surface area contributed by atoms with E-state index in [-0.39, 0.29) is 0 Å². The van der Waals surface area contributed by atoms with E-state index in [0.717, 1.165) is 36.4 Å². The van der Waals surface area contributed by atoms with Crippen LogP contribution in [-0.2, 0) is 13.0 Å². The number of hydrogen-bond acceptors (Lipinski definition) is 4. The van der Waals surface area contributed by atoms with Crippen molar-refractivity contribution in [1.29, 1.82) is 0 Å². The molecule has 0 spiro atoms. The predicted molar refractivity (Wildman–Crippen MR) is 99.1 cm³/mol. The first-order valence-corrected chi connectivity index (χ1v) is 9.56. The third kappa shape index (κ3) is 5.77. The van der Waals surface area contributed by atoms with Gasteiger partial charge in [0, 0.05) is 37.3 Å². The molecule has 2 heterocycles. The summed E-state index contributed by atoms with van der Waals surface area (Å²) in [4.78, 5) is 12.7. The number of aliphatic imine (C=N–C) groups is 1. The molecule has 0 aromatic carbocycles. The lowest BCUT2D eigenvalue weighted by Gasteiger charge is -2.26. The molecule has 1 aliphatic rings. The molecule has 130 valence electrons. The largest absolute Gasteiger partial charge is 0.355 e. The van der Waals surface area contributed by atoms with Crippen molar-refractivity contribution < 1.29 is 0 Å². The number of likely N-dealkylation sites (tertiary alicyclic amines) is 1. The summed E-state index contributed by atoms with van der Waals surface area (Å²) in [5, 5.41) is 7.97. The van der Waals surface area contributed by atoms with Crippen LogP contribution in [0.5, 0.6) is 0 Å². The van der Waals surface area contributed by atoms with Gasteiger partial charge >= 0.3 is 0 Å². The first-order chi connectivity index (χ1) is 11.1. The lowest BCUT2D eigenvalue weighted by atomic mass is 10.1. The van der Waals surface area contributed by atoms with Gasteiger partial charge < -0.3 is 10.6 Å². The second kappa shape index (κ2) is 9.23. The molecule has 0 amide bonds. The van der Waals surface area contributed by atoms with E-state index in [1.807, 2.05) is 13.2 Å². The van der Waals surface area contributed by atoms with Crippen LogP contribution in [0.4, 0.5) is 0 Å². The maximum absolute atomic E-state index is 4.44. The first-order valence-electron chi connectivity index (χ1n) is 8.74. The molecule has 23 heavy (non-hydrogen) atoms. The second-order valence-corrected chi connectivity index (χ2v) is 7.77. The highest BCUT2D eigenvalue weighted by atomic mass is 32.1. The van der Waals surface area contributed by atoms with Crippen molar-refractivity contribution in [3.63, 3.8) is 0 Å². The second-order valence-electron chi connectivity index (χ2n) is 6.57. The Labute approximate surface area is 144 Å². The Balaban J connectivity index is 1.76. The highest BCUT2D eigenvalue weighted by Crippen LogP contribution is 2.18. The van der Waals surface area contributed by atoms with Gasteiger partial charge in [0.15, 0.2) is 5.96 Å². The van der Waals surface area contributed by atoms with Crippen molar-refractivity contribution in [1.82, 2.24) is 20.5 Å². The molecule has 1 fully saturated rings. The Morgan fingerprint density at radius 2 is 2.30 bits per heavy atom. The number of aromatic nitrogens is 1. The van der Waals surface area contributed by atoms with Gasteiger partial charge in [-0.1, -0.05) is 20.8 Å². The van der Waals surface area contributed by atoms with Gasteiger partial charge in [0.05, 0.1) is 6.54 Å². The minimum Gasteiger partial charge on any atom is -0.355 e. The standard InChI is InChI=1S/C17H31N5S/c1-5-15-10-19-16(23-15)11-21-17(18-4)20-9-14-7-6-8-22(14)12-13(2)3/h10,13-14H,5-9,11-12H2,1-4H3,(H2,18,20,21)/t14-/m1/s1. The van der Waals surface area contributed by atoms with E-state index in [4.69, 9.17) is 0 Å². The predicted octanol–water partition coefficient (Wildman–Crippen LogP) is 2.49. The topological polar surface area (TPSA) is 52.6 Å². The summed E-state index contributed by atoms with van der Waals surface area (Å²) in [5.41, 5.74) is 0. The van der Waals surface area contributed by atoms with Gasteiger partial charge in [-0.2, -0.15) is 0 Å². The van der Waals surface area contributed by atoms with E-state index in [0.29, 0.717) is 6.04 Å². The van der Waals surface area contributed by atoms with Gasteiger partial charge in [0.25, 0.3) is 0 Å². The zero-order valence-corrected chi connectivity index (χ0v) is 15.7. The van der Waals surface area contributed by atoms with Crippen LogP contribution in [-0.4, -0.2) is 48.6 Å². The van der Waals surface area contributed by atoms with E-state index in [9.17, 15) is 0 Å². The number of nitrogens with zero attached hydrogens (tertiary/aromatic N) is 3. The molecule has 2 N–H and O–H groups in total. The Kier molecular flexibility index (Phi) is 7.30. The van der Waals surface area contributed by atoms with Gasteiger partial charge in [-0.3, -0.25) is 9.89 Å². The van der Waals surface area contributed by atoms with E-state index < -0.39 is 0 Å². The Bertz CT molecular complexity index is 497. The maximum Gasteiger partial charge on any atom is 0.191 e. The Hall–Kier alpha value is -1.14. The van der Waals surface area contributed by atoms with Gasteiger partial charge in [0.2, 0.25) is 0 Å². The molecule has 0 bridgehead atoms. The number of nitrogens with one attached hydrogen (secondary N) is 2. The third-order valence-corrected chi connectivity index (χ3v) is 5.33. The van der Waals surface area contributed by atoms with Crippen molar-refractivity contribution in [3.05, 3.63) is 16.1 Å². The minimum atomic E-state index is 0.627. The highest BCUT2D eigenvalue weighted by Gasteiger charge is 2.24. The molecule has 2 rings (SSSR count). The zero-order chi connectivity index (χ0) is 16.7. The molecule has 0 aliphatic carbocycles. The van der Waals surface area contributed by atoms with Crippen LogP contribution in [0.1, 0.15) is 43.5 Å². The first kappa shape index (κ1) is 18.2. The number of guanidine groups is 1. The van der Waals surface area contributed by atoms with Crippen LogP contribution in [0.2, 0.25) is 0 Å². The van der Waals surface area contributed by atoms with Gasteiger partial charge in [0.1, 0.15) is 5.01 Å². The van der Waals surface area contributed by atoms with Crippen LogP contribution in [0, 0.1) is 5.92 Å². The Morgan fingerprint density at radius 3 is 2.96 bits per heavy atom. The highest BCUT2D eigenvalue weighted by molar-refractivity contribution is 7.11. The third-order valence-electron chi connectivity index (χ3n) is 4.18. The average Bonchev–Trinajstić information content (AvgIpc) is 3.16. The fraction of sp³-hybridized carbons (Fsp3) is 0.765. The fourth-order valence-electron chi connectivity index (χ4n) is 3.02. The molecule has 1 aliphatic heterocycles. The van der Waals surface area contributed by atoms with Crippen molar-refractivity contribution >= 4 is 17.3 Å². The molecule has 0 radical (unpaired) electrons. The van der Waals surface area contributed by atoms with E-state index in [2.05, 4.69) is 46.3 Å². The van der Waals surface area contributed by atoms with Crippen LogP contribution in [0.3, 0.4) is 0 Å². The smallest absolute Gasteiger partial charge is 0.191 e. The molecular formula is C17H31N5S. The zero-order valence-electron chi connectivity index (χ0n) is 14.9. The van der Waals surface area contributed by atoms with Gasteiger partial charge in [-0.05, 0) is 31.7 Å². The number of aryl methyl sites for hydroxylation is 1. The van der Waals surface area contributed by atoms with Gasteiger partial charge in [-0.25, -0.2) is 4.98 Å². The SMILES string of the molecule is CCc1cnc(CNC(=NC)NC[C@H]2CCCN2CC(C)C)s1. The molecule has 0 unspecified atom stereocenters. The number of rotatable bonds is 7. The van der Waals surface area contributed by atoms with Crippen molar-refractivity contribution in [2.45, 2.75) is 52.6 Å². The summed E-state index contributed by atoms with van der Waals surface area (Å²) in [5.74, 6) is 1.60. The summed E-state index contributed by atoms with van der Waals surface area (Å²) in [7, 11) is 1.83. The molecule has 1 aromatic heterocycles. The number of thiazole rings is 1. The van der Waals surface area contributed by atoms with Crippen molar-refractivity contribution in [3.8, 4) is 0 Å². The molecule has 6 heteroatoms. The number of hydrogen-bond donors (Lipinski definition) is 2. The van der Waals surface area contributed by atoms with Gasteiger partial charge in [-0.15, -0.1) is 11.3 Å². The summed E-state index contributed by atoms with van der Waals surface area (Å²) in [6.07, 6.45) is 5.62. The summed E-state index contributed by atoms with van der Waals surface area (Å²) >= 11 is 1.77. The molecule has 1 atom stereocenters. The fourth-order valence-corrected chi connectivity index (χ4v) is 3.83. The normalized spacial score (nSPS) is 19.5. The monoisotopic (exact) mass is 337 g/mol. The van der Waals surface area contributed by atoms with Crippen LogP contribution in [0.15, 0.2) is 11.2 Å². The van der Waals surface area contributed by atoms with Crippen molar-refractivity contribution in [2.75, 3.05) is 26.7 Å². The molecule has 1 aromatic rings. The summed E-state index contributed by atoms with van der Waals surface area (Å²) in [6.45, 7) is 10.9. The molecule has 5 nitrogen and oxygen atoms in total. The van der Waals surface area contributed by atoms with Crippen LogP contribution >= 0.6 is 11.3 Å². The molecule has 1 saturated heterocycles. The molecule has 0 saturated carbocycles. The lowest BCUT2D eigenvalue weighted by Crippen LogP contribution is -2.45. The minimum absolute atomic E-state index is 0.627. The molecular weight excluding hydrogens is 306 g/mol. The lowest BCUT2D eigenvalue weighted by molar-refractivity contribution is 0.226. The summed E-state index contributed by atoms with van der Waals surface area (Å²) < 4.78 is 0. The summed E-state index contributed by atoms with van der Waals surface area (Å²) in [6, 6.07) is 0.627. The quantitative estimate of drug-likeness (QED) is 0.593. The average molecular weight is 338 g/mol. The van der Waals surface area contributed by atoms with Crippen LogP contribution < -0.4 is 10.6 Å².